The minimum absolute atomic E-state index is 0.0285. The molecule has 2 atom stereocenters. The lowest BCUT2D eigenvalue weighted by Gasteiger charge is -2.34. The van der Waals surface area contributed by atoms with E-state index in [1.54, 1.807) is 21.3 Å². The van der Waals surface area contributed by atoms with Gasteiger partial charge in [0.05, 0.1) is 46.2 Å². The van der Waals surface area contributed by atoms with Gasteiger partial charge in [-0.15, -0.1) is 0 Å². The lowest BCUT2D eigenvalue weighted by molar-refractivity contribution is -0.910. The Hall–Kier alpha value is -2.80. The molecule has 2 heterocycles. The number of methoxy groups -OCH3 is 3. The second-order valence-electron chi connectivity index (χ2n) is 6.71. The van der Waals surface area contributed by atoms with Crippen molar-refractivity contribution in [2.24, 2.45) is 0 Å². The molecular formula is C20H25N2O5+. The van der Waals surface area contributed by atoms with E-state index in [1.165, 1.54) is 10.5 Å². The predicted molar refractivity (Wildman–Crippen MR) is 100 cm³/mol. The number of fused-ring (bicyclic) bond motifs is 2. The van der Waals surface area contributed by atoms with Crippen LogP contribution < -0.4 is 33.9 Å². The number of quaternary nitrogens is 1. The summed E-state index contributed by atoms with van der Waals surface area (Å²) in [6.45, 7) is 1.21. The summed E-state index contributed by atoms with van der Waals surface area (Å²) >= 11 is 0. The van der Waals surface area contributed by atoms with Gasteiger partial charge in [0.2, 0.25) is 12.5 Å². The fourth-order valence-corrected chi connectivity index (χ4v) is 3.80. The first kappa shape index (κ1) is 17.6. The van der Waals surface area contributed by atoms with Crippen molar-refractivity contribution in [1.29, 1.82) is 0 Å². The number of nitrogens with one attached hydrogen (secondary N) is 2. The third-order valence-electron chi connectivity index (χ3n) is 5.22. The molecule has 7 heteroatoms. The molecule has 0 fully saturated rings. The number of ether oxygens (including phenoxy) is 5. The van der Waals surface area contributed by atoms with Gasteiger partial charge < -0.3 is 33.9 Å². The summed E-state index contributed by atoms with van der Waals surface area (Å²) in [6.07, 6.45) is 0.918. The maximum absolute atomic E-state index is 5.76. The zero-order valence-corrected chi connectivity index (χ0v) is 16.0. The van der Waals surface area contributed by atoms with Crippen molar-refractivity contribution in [2.45, 2.75) is 12.6 Å². The summed E-state index contributed by atoms with van der Waals surface area (Å²) in [7, 11) is 7.15. The highest BCUT2D eigenvalue weighted by Crippen LogP contribution is 2.47. The summed E-state index contributed by atoms with van der Waals surface area (Å²) < 4.78 is 27.9. The Balaban J connectivity index is 1.79. The Morgan fingerprint density at radius 3 is 2.67 bits per heavy atom. The maximum Gasteiger partial charge on any atom is 0.231 e. The molecule has 0 aromatic heterocycles. The van der Waals surface area contributed by atoms with Crippen LogP contribution in [0.4, 0.5) is 5.69 Å². The van der Waals surface area contributed by atoms with Crippen molar-refractivity contribution in [3.63, 3.8) is 0 Å². The standard InChI is InChI=1S/C20H24N2O5/c1-22-8-7-12-9-16-18(27-11-26-16)19(25-4)17(12)20(22)21-14-10-13(23-2)5-6-15(14)24-3/h5-6,9-10,20-21H,7-8,11H2,1-4H3/p+1/t20-/m1/s1. The van der Waals surface area contributed by atoms with Crippen molar-refractivity contribution in [3.05, 3.63) is 35.4 Å². The van der Waals surface area contributed by atoms with Crippen molar-refractivity contribution in [3.8, 4) is 28.7 Å². The molecule has 2 aromatic carbocycles. The van der Waals surface area contributed by atoms with E-state index in [0.717, 1.165) is 47.2 Å². The molecule has 0 saturated heterocycles. The average Bonchev–Trinajstić information content (AvgIpc) is 3.16. The average molecular weight is 373 g/mol. The van der Waals surface area contributed by atoms with Crippen LogP contribution in [0, 0.1) is 0 Å². The Kier molecular flexibility index (Phi) is 4.61. The number of hydrogen-bond acceptors (Lipinski definition) is 6. The van der Waals surface area contributed by atoms with Gasteiger partial charge in [0.15, 0.2) is 17.7 Å². The Labute approximate surface area is 158 Å². The van der Waals surface area contributed by atoms with Gasteiger partial charge in [-0.3, -0.25) is 0 Å². The summed E-state index contributed by atoms with van der Waals surface area (Å²) in [5.74, 6) is 3.69. The van der Waals surface area contributed by atoms with E-state index in [0.29, 0.717) is 5.75 Å². The molecule has 2 aliphatic heterocycles. The molecule has 0 radical (unpaired) electrons. The molecule has 27 heavy (non-hydrogen) atoms. The third-order valence-corrected chi connectivity index (χ3v) is 5.22. The molecule has 1 unspecified atom stereocenters. The first-order valence-corrected chi connectivity index (χ1v) is 8.96. The van der Waals surface area contributed by atoms with Gasteiger partial charge in [-0.2, -0.15) is 0 Å². The van der Waals surface area contributed by atoms with Gasteiger partial charge >= 0.3 is 0 Å². The number of anilines is 1. The van der Waals surface area contributed by atoms with Crippen LogP contribution >= 0.6 is 0 Å². The molecule has 144 valence electrons. The summed E-state index contributed by atoms with van der Waals surface area (Å²) in [6, 6.07) is 7.80. The SMILES string of the molecule is COc1ccc(OC)c(N[C@H]2c3c(cc4c(c3OC)OCO4)CC[NH+]2C)c1. The number of benzene rings is 2. The minimum atomic E-state index is -0.0285. The summed E-state index contributed by atoms with van der Waals surface area (Å²) in [5, 5.41) is 3.63. The molecule has 2 aromatic rings. The topological polar surface area (TPSA) is 62.6 Å². The van der Waals surface area contributed by atoms with Crippen LogP contribution in [0.5, 0.6) is 28.7 Å². The van der Waals surface area contributed by atoms with Gasteiger partial charge in [-0.25, -0.2) is 0 Å². The van der Waals surface area contributed by atoms with Crippen LogP contribution in [-0.4, -0.2) is 41.7 Å². The van der Waals surface area contributed by atoms with E-state index < -0.39 is 0 Å². The van der Waals surface area contributed by atoms with E-state index in [4.69, 9.17) is 23.7 Å². The van der Waals surface area contributed by atoms with Gasteiger partial charge in [0.25, 0.3) is 0 Å². The van der Waals surface area contributed by atoms with Crippen LogP contribution in [0.3, 0.4) is 0 Å². The first-order chi connectivity index (χ1) is 13.2. The van der Waals surface area contributed by atoms with E-state index in [-0.39, 0.29) is 13.0 Å². The Bertz CT molecular complexity index is 855. The zero-order valence-electron chi connectivity index (χ0n) is 16.0. The van der Waals surface area contributed by atoms with Crippen LogP contribution in [0.15, 0.2) is 24.3 Å². The first-order valence-electron chi connectivity index (χ1n) is 8.96. The van der Waals surface area contributed by atoms with E-state index >= 15 is 0 Å². The van der Waals surface area contributed by atoms with Crippen molar-refractivity contribution < 1.29 is 28.6 Å². The predicted octanol–water partition coefficient (Wildman–Crippen LogP) is 1.62. The molecule has 0 amide bonds. The monoisotopic (exact) mass is 373 g/mol. The van der Waals surface area contributed by atoms with E-state index in [2.05, 4.69) is 18.4 Å². The van der Waals surface area contributed by atoms with Gasteiger partial charge in [0, 0.05) is 12.5 Å². The second kappa shape index (κ2) is 7.08. The molecule has 4 rings (SSSR count). The van der Waals surface area contributed by atoms with Crippen molar-refractivity contribution in [2.75, 3.05) is 47.0 Å². The highest BCUT2D eigenvalue weighted by Gasteiger charge is 2.37. The fourth-order valence-electron chi connectivity index (χ4n) is 3.80. The van der Waals surface area contributed by atoms with Crippen LogP contribution in [0.25, 0.3) is 0 Å². The molecule has 0 spiro atoms. The molecule has 2 aliphatic rings. The fraction of sp³-hybridized carbons (Fsp3) is 0.400. The van der Waals surface area contributed by atoms with Gasteiger partial charge in [-0.05, 0) is 23.8 Å². The van der Waals surface area contributed by atoms with E-state index in [1.807, 2.05) is 18.2 Å². The van der Waals surface area contributed by atoms with Crippen molar-refractivity contribution >= 4 is 5.69 Å². The van der Waals surface area contributed by atoms with Crippen molar-refractivity contribution in [1.82, 2.24) is 0 Å². The molecule has 2 N–H and O–H groups in total. The van der Waals surface area contributed by atoms with Gasteiger partial charge in [0.1, 0.15) is 11.5 Å². The molecule has 0 bridgehead atoms. The lowest BCUT2D eigenvalue weighted by Crippen LogP contribution is -3.11. The lowest BCUT2D eigenvalue weighted by atomic mass is 9.94. The Morgan fingerprint density at radius 1 is 1.07 bits per heavy atom. The van der Waals surface area contributed by atoms with Crippen LogP contribution in [-0.2, 0) is 6.42 Å². The number of likely N-dealkylation sites (N-methyl/N-ethyl adjacent to an activating group) is 1. The molecular weight excluding hydrogens is 348 g/mol. The minimum Gasteiger partial charge on any atom is -0.497 e. The summed E-state index contributed by atoms with van der Waals surface area (Å²) in [4.78, 5) is 1.32. The largest absolute Gasteiger partial charge is 0.497 e. The summed E-state index contributed by atoms with van der Waals surface area (Å²) in [5.41, 5.74) is 3.17. The van der Waals surface area contributed by atoms with Gasteiger partial charge in [-0.1, -0.05) is 0 Å². The highest BCUT2D eigenvalue weighted by atomic mass is 16.7. The molecule has 7 nitrogen and oxygen atoms in total. The molecule has 0 aliphatic carbocycles. The zero-order chi connectivity index (χ0) is 19.0. The number of rotatable bonds is 5. The van der Waals surface area contributed by atoms with Crippen LogP contribution in [0.1, 0.15) is 17.3 Å². The second-order valence-corrected chi connectivity index (χ2v) is 6.71. The van der Waals surface area contributed by atoms with E-state index in [9.17, 15) is 0 Å². The quantitative estimate of drug-likeness (QED) is 0.831. The third kappa shape index (κ3) is 2.98. The smallest absolute Gasteiger partial charge is 0.231 e. The highest BCUT2D eigenvalue weighted by molar-refractivity contribution is 5.65. The maximum atomic E-state index is 5.76. The number of hydrogen-bond donors (Lipinski definition) is 2. The van der Waals surface area contributed by atoms with Crippen LogP contribution in [0.2, 0.25) is 0 Å². The Morgan fingerprint density at radius 2 is 1.93 bits per heavy atom. The normalized spacial score (nSPS) is 20.0. The molecule has 0 saturated carbocycles.